The van der Waals surface area contributed by atoms with E-state index in [2.05, 4.69) is 64.1 Å². The first-order valence-electron chi connectivity index (χ1n) is 12.0. The Hall–Kier alpha value is -2.89. The van der Waals surface area contributed by atoms with Gasteiger partial charge in [-0.1, -0.05) is 19.1 Å². The summed E-state index contributed by atoms with van der Waals surface area (Å²) in [6, 6.07) is 10.7. The Labute approximate surface area is 190 Å². The zero-order chi connectivity index (χ0) is 22.1. The molecule has 5 rings (SSSR count). The Morgan fingerprint density at radius 1 is 1.03 bits per heavy atom. The van der Waals surface area contributed by atoms with Crippen LogP contribution < -0.4 is 5.32 Å². The highest BCUT2D eigenvalue weighted by molar-refractivity contribution is 5.84. The van der Waals surface area contributed by atoms with Gasteiger partial charge in [0.1, 0.15) is 5.82 Å². The van der Waals surface area contributed by atoms with Crippen molar-refractivity contribution in [2.45, 2.75) is 58.4 Å². The molecular weight excluding hydrogens is 398 g/mol. The molecule has 1 saturated heterocycles. The Morgan fingerprint density at radius 2 is 1.81 bits per heavy atom. The standard InChI is InChI=1S/C26H33N5O/c1-18-11-15-30(16-12-18)25(32)20-6-8-21(9-7-20)28-26-27-14-10-24(29-26)31-17-13-22-19(2)4-3-5-23(22)31/h3-5,10,13-14,17-18,20-21H,6-9,11-12,15-16H2,1-2H3,(H,27,28,29)/t20-,21-. The maximum absolute atomic E-state index is 12.9. The van der Waals surface area contributed by atoms with Gasteiger partial charge in [0.2, 0.25) is 11.9 Å². The fraction of sp³-hybridized carbons (Fsp3) is 0.500. The summed E-state index contributed by atoms with van der Waals surface area (Å²) in [5.41, 5.74) is 2.42. The van der Waals surface area contributed by atoms with Crippen molar-refractivity contribution < 1.29 is 4.79 Å². The van der Waals surface area contributed by atoms with Gasteiger partial charge in [0.05, 0.1) is 5.52 Å². The quantitative estimate of drug-likeness (QED) is 0.634. The molecule has 1 N–H and O–H groups in total. The molecule has 1 amide bonds. The highest BCUT2D eigenvalue weighted by atomic mass is 16.2. The Kier molecular flexibility index (Phi) is 5.85. The lowest BCUT2D eigenvalue weighted by atomic mass is 9.84. The molecule has 1 aromatic carbocycles. The molecule has 0 radical (unpaired) electrons. The minimum absolute atomic E-state index is 0.184. The Morgan fingerprint density at radius 3 is 2.59 bits per heavy atom. The summed E-state index contributed by atoms with van der Waals surface area (Å²) in [7, 11) is 0. The average Bonchev–Trinajstić information content (AvgIpc) is 3.25. The number of carbonyl (C=O) groups excluding carboxylic acids is 1. The first-order valence-corrected chi connectivity index (χ1v) is 12.0. The molecule has 3 aromatic rings. The van der Waals surface area contributed by atoms with E-state index in [0.29, 0.717) is 17.9 Å². The van der Waals surface area contributed by atoms with Crippen LogP contribution in [0.5, 0.6) is 0 Å². The molecule has 0 bridgehead atoms. The lowest BCUT2D eigenvalue weighted by Crippen LogP contribution is -2.43. The molecule has 168 valence electrons. The van der Waals surface area contributed by atoms with Crippen LogP contribution in [0, 0.1) is 18.8 Å². The van der Waals surface area contributed by atoms with Crippen LogP contribution in [0.2, 0.25) is 0 Å². The molecule has 32 heavy (non-hydrogen) atoms. The van der Waals surface area contributed by atoms with Crippen LogP contribution in [0.4, 0.5) is 5.95 Å². The van der Waals surface area contributed by atoms with Crippen LogP contribution in [0.1, 0.15) is 51.0 Å². The van der Waals surface area contributed by atoms with Gasteiger partial charge in [0.15, 0.2) is 0 Å². The lowest BCUT2D eigenvalue weighted by Gasteiger charge is -2.35. The van der Waals surface area contributed by atoms with Crippen LogP contribution in [0.25, 0.3) is 16.7 Å². The molecule has 0 atom stereocenters. The van der Waals surface area contributed by atoms with Gasteiger partial charge in [-0.05, 0) is 75.1 Å². The fourth-order valence-electron chi connectivity index (χ4n) is 5.23. The second-order valence-electron chi connectivity index (χ2n) is 9.63. The van der Waals surface area contributed by atoms with Gasteiger partial charge in [0.25, 0.3) is 0 Å². The summed E-state index contributed by atoms with van der Waals surface area (Å²) in [5, 5.41) is 4.77. The predicted molar refractivity (Wildman–Crippen MR) is 128 cm³/mol. The summed E-state index contributed by atoms with van der Waals surface area (Å²) in [6.45, 7) is 6.29. The number of likely N-dealkylation sites (tertiary alicyclic amines) is 1. The lowest BCUT2D eigenvalue weighted by molar-refractivity contribution is -0.137. The van der Waals surface area contributed by atoms with E-state index in [-0.39, 0.29) is 5.92 Å². The maximum Gasteiger partial charge on any atom is 0.225 e. The number of aromatic nitrogens is 3. The van der Waals surface area contributed by atoms with E-state index in [4.69, 9.17) is 4.98 Å². The number of benzene rings is 1. The second kappa shape index (κ2) is 8.93. The van der Waals surface area contributed by atoms with E-state index >= 15 is 0 Å². The number of carbonyl (C=O) groups is 1. The number of aryl methyl sites for hydroxylation is 1. The summed E-state index contributed by atoms with van der Waals surface area (Å²) in [5.74, 6) is 2.85. The molecule has 2 aromatic heterocycles. The number of piperidine rings is 1. The van der Waals surface area contributed by atoms with Gasteiger partial charge < -0.3 is 14.8 Å². The first-order chi connectivity index (χ1) is 15.6. The summed E-state index contributed by atoms with van der Waals surface area (Å²) >= 11 is 0. The third-order valence-electron chi connectivity index (χ3n) is 7.34. The minimum atomic E-state index is 0.184. The van der Waals surface area contributed by atoms with Gasteiger partial charge in [-0.15, -0.1) is 0 Å². The highest BCUT2D eigenvalue weighted by Crippen LogP contribution is 2.29. The molecule has 1 aliphatic heterocycles. The van der Waals surface area contributed by atoms with Gasteiger partial charge >= 0.3 is 0 Å². The largest absolute Gasteiger partial charge is 0.351 e. The molecule has 0 unspecified atom stereocenters. The van der Waals surface area contributed by atoms with Crippen molar-refractivity contribution in [2.24, 2.45) is 11.8 Å². The SMILES string of the molecule is Cc1cccc2c1ccn2-c1ccnc(N[C@H]2CC[C@H](C(=O)N3CCC(C)CC3)CC2)n1. The highest BCUT2D eigenvalue weighted by Gasteiger charge is 2.31. The van der Waals surface area contributed by atoms with E-state index < -0.39 is 0 Å². The number of fused-ring (bicyclic) bond motifs is 1. The van der Waals surface area contributed by atoms with E-state index in [9.17, 15) is 4.79 Å². The third-order valence-corrected chi connectivity index (χ3v) is 7.34. The van der Waals surface area contributed by atoms with Crippen LogP contribution in [0.3, 0.4) is 0 Å². The molecule has 3 heterocycles. The minimum Gasteiger partial charge on any atom is -0.351 e. The first kappa shape index (κ1) is 21.0. The van der Waals surface area contributed by atoms with Crippen LogP contribution in [-0.2, 0) is 4.79 Å². The number of hydrogen-bond acceptors (Lipinski definition) is 4. The van der Waals surface area contributed by atoms with Crippen molar-refractivity contribution in [1.82, 2.24) is 19.4 Å². The van der Waals surface area contributed by atoms with Crippen molar-refractivity contribution in [2.75, 3.05) is 18.4 Å². The van der Waals surface area contributed by atoms with Crippen molar-refractivity contribution in [3.8, 4) is 5.82 Å². The smallest absolute Gasteiger partial charge is 0.225 e. The number of amides is 1. The summed E-state index contributed by atoms with van der Waals surface area (Å²) in [4.78, 5) is 24.3. The monoisotopic (exact) mass is 431 g/mol. The van der Waals surface area contributed by atoms with Crippen molar-refractivity contribution in [1.29, 1.82) is 0 Å². The second-order valence-corrected chi connectivity index (χ2v) is 9.63. The maximum atomic E-state index is 12.9. The molecule has 2 fully saturated rings. The average molecular weight is 432 g/mol. The molecule has 6 nitrogen and oxygen atoms in total. The van der Waals surface area contributed by atoms with Crippen molar-refractivity contribution in [3.05, 3.63) is 48.3 Å². The van der Waals surface area contributed by atoms with Gasteiger partial charge in [-0.2, -0.15) is 4.98 Å². The number of rotatable bonds is 4. The van der Waals surface area contributed by atoms with E-state index in [1.165, 1.54) is 10.9 Å². The number of nitrogens with zero attached hydrogens (tertiary/aromatic N) is 4. The fourth-order valence-corrected chi connectivity index (χ4v) is 5.23. The third kappa shape index (κ3) is 4.23. The number of anilines is 1. The molecule has 1 saturated carbocycles. The predicted octanol–water partition coefficient (Wildman–Crippen LogP) is 4.96. The number of hydrogen-bond donors (Lipinski definition) is 1. The zero-order valence-corrected chi connectivity index (χ0v) is 19.1. The summed E-state index contributed by atoms with van der Waals surface area (Å²) in [6.07, 6.45) is 10.0. The molecule has 2 aliphatic rings. The van der Waals surface area contributed by atoms with Crippen LogP contribution >= 0.6 is 0 Å². The van der Waals surface area contributed by atoms with E-state index in [1.807, 2.05) is 12.3 Å². The molecule has 0 spiro atoms. The normalized spacial score (nSPS) is 22.2. The van der Waals surface area contributed by atoms with Gasteiger partial charge in [-0.3, -0.25) is 4.79 Å². The zero-order valence-electron chi connectivity index (χ0n) is 19.1. The topological polar surface area (TPSA) is 63.1 Å². The van der Waals surface area contributed by atoms with Crippen LogP contribution in [0.15, 0.2) is 42.7 Å². The Bertz CT molecular complexity index is 1090. The van der Waals surface area contributed by atoms with E-state index in [1.54, 1.807) is 0 Å². The molecule has 1 aliphatic carbocycles. The van der Waals surface area contributed by atoms with Crippen molar-refractivity contribution in [3.63, 3.8) is 0 Å². The molecule has 6 heteroatoms. The Balaban J connectivity index is 1.21. The van der Waals surface area contributed by atoms with Gasteiger partial charge in [0, 0.05) is 42.8 Å². The van der Waals surface area contributed by atoms with Crippen LogP contribution in [-0.4, -0.2) is 44.5 Å². The summed E-state index contributed by atoms with van der Waals surface area (Å²) < 4.78 is 2.12. The molecular formula is C26H33N5O. The van der Waals surface area contributed by atoms with Gasteiger partial charge in [-0.25, -0.2) is 4.98 Å². The number of nitrogens with one attached hydrogen (secondary N) is 1. The van der Waals surface area contributed by atoms with E-state index in [0.717, 1.165) is 68.9 Å². The van der Waals surface area contributed by atoms with Crippen molar-refractivity contribution >= 4 is 22.8 Å².